The van der Waals surface area contributed by atoms with Crippen LogP contribution in [0.5, 0.6) is 0 Å². The van der Waals surface area contributed by atoms with Crippen LogP contribution in [-0.2, 0) is 11.2 Å². The third kappa shape index (κ3) is 4.24. The molecule has 1 heterocycles. The molecule has 0 saturated heterocycles. The lowest BCUT2D eigenvalue weighted by Crippen LogP contribution is -2.23. The van der Waals surface area contributed by atoms with Crippen LogP contribution in [0.4, 0.5) is 5.69 Å². The van der Waals surface area contributed by atoms with Crippen LogP contribution in [0.25, 0.3) is 6.08 Å². The van der Waals surface area contributed by atoms with Gasteiger partial charge in [-0.15, -0.1) is 0 Å². The molecule has 0 unspecified atom stereocenters. The van der Waals surface area contributed by atoms with Gasteiger partial charge in [0.15, 0.2) is 5.82 Å². The highest BCUT2D eigenvalue weighted by Crippen LogP contribution is 2.06. The number of benzene rings is 1. The van der Waals surface area contributed by atoms with E-state index >= 15 is 0 Å². The Morgan fingerprint density at radius 1 is 1.40 bits per heavy atom. The highest BCUT2D eigenvalue weighted by atomic mass is 16.5. The van der Waals surface area contributed by atoms with E-state index in [1.54, 1.807) is 25.1 Å². The summed E-state index contributed by atoms with van der Waals surface area (Å²) in [6.45, 7) is 2.19. The van der Waals surface area contributed by atoms with Gasteiger partial charge in [-0.25, -0.2) is 0 Å². The first-order chi connectivity index (χ1) is 9.63. The lowest BCUT2D eigenvalue weighted by Gasteiger charge is -1.99. The number of aryl methyl sites for hydroxylation is 1. The van der Waals surface area contributed by atoms with E-state index in [2.05, 4.69) is 15.5 Å². The minimum absolute atomic E-state index is 0.165. The summed E-state index contributed by atoms with van der Waals surface area (Å²) in [5.74, 6) is 0.946. The molecule has 6 nitrogen and oxygen atoms in total. The lowest BCUT2D eigenvalue weighted by atomic mass is 10.2. The van der Waals surface area contributed by atoms with Crippen molar-refractivity contribution in [2.24, 2.45) is 0 Å². The van der Waals surface area contributed by atoms with Gasteiger partial charge in [0, 0.05) is 31.7 Å². The molecule has 0 atom stereocenters. The van der Waals surface area contributed by atoms with E-state index in [9.17, 15) is 4.79 Å². The van der Waals surface area contributed by atoms with Gasteiger partial charge in [-0.2, -0.15) is 4.98 Å². The van der Waals surface area contributed by atoms with Crippen LogP contribution < -0.4 is 11.1 Å². The van der Waals surface area contributed by atoms with Crippen LogP contribution >= 0.6 is 0 Å². The predicted octanol–water partition coefficient (Wildman–Crippen LogP) is 1.33. The maximum atomic E-state index is 11.6. The van der Waals surface area contributed by atoms with E-state index in [1.807, 2.05) is 12.1 Å². The maximum absolute atomic E-state index is 11.6. The minimum Gasteiger partial charge on any atom is -0.399 e. The molecular formula is C14H16N4O2. The molecule has 0 aliphatic carbocycles. The summed E-state index contributed by atoms with van der Waals surface area (Å²) in [4.78, 5) is 15.6. The fourth-order valence-corrected chi connectivity index (χ4v) is 1.58. The number of hydrogen-bond acceptors (Lipinski definition) is 5. The van der Waals surface area contributed by atoms with Gasteiger partial charge in [-0.05, 0) is 23.8 Å². The smallest absolute Gasteiger partial charge is 0.244 e. The average Bonchev–Trinajstić information content (AvgIpc) is 2.84. The van der Waals surface area contributed by atoms with Crippen molar-refractivity contribution in [3.05, 3.63) is 47.6 Å². The summed E-state index contributed by atoms with van der Waals surface area (Å²) < 4.78 is 4.84. The van der Waals surface area contributed by atoms with Gasteiger partial charge < -0.3 is 15.6 Å². The van der Waals surface area contributed by atoms with E-state index in [4.69, 9.17) is 10.3 Å². The number of nitrogens with one attached hydrogen (secondary N) is 1. The molecule has 1 aromatic heterocycles. The van der Waals surface area contributed by atoms with Crippen molar-refractivity contribution < 1.29 is 9.32 Å². The molecule has 6 heteroatoms. The van der Waals surface area contributed by atoms with E-state index < -0.39 is 0 Å². The topological polar surface area (TPSA) is 94.0 Å². The number of amides is 1. The minimum atomic E-state index is -0.165. The van der Waals surface area contributed by atoms with Crippen molar-refractivity contribution in [3.63, 3.8) is 0 Å². The van der Waals surface area contributed by atoms with Crippen LogP contribution in [0.1, 0.15) is 17.3 Å². The quantitative estimate of drug-likeness (QED) is 0.632. The Morgan fingerprint density at radius 2 is 2.15 bits per heavy atom. The van der Waals surface area contributed by atoms with E-state index in [0.717, 1.165) is 5.56 Å². The molecule has 0 bridgehead atoms. The molecule has 0 radical (unpaired) electrons. The van der Waals surface area contributed by atoms with Gasteiger partial charge in [0.25, 0.3) is 0 Å². The maximum Gasteiger partial charge on any atom is 0.244 e. The summed E-state index contributed by atoms with van der Waals surface area (Å²) in [5.41, 5.74) is 7.20. The second kappa shape index (κ2) is 6.51. The number of carbonyl (C=O) groups excluding carboxylic acids is 1. The fourth-order valence-electron chi connectivity index (χ4n) is 1.58. The molecule has 0 aliphatic heterocycles. The van der Waals surface area contributed by atoms with Gasteiger partial charge in [0.05, 0.1) is 0 Å². The normalized spacial score (nSPS) is 10.8. The van der Waals surface area contributed by atoms with Crippen LogP contribution in [0.2, 0.25) is 0 Å². The van der Waals surface area contributed by atoms with E-state index in [0.29, 0.717) is 30.4 Å². The zero-order valence-corrected chi connectivity index (χ0v) is 11.2. The van der Waals surface area contributed by atoms with Gasteiger partial charge in [-0.3, -0.25) is 4.79 Å². The van der Waals surface area contributed by atoms with Crippen LogP contribution in [-0.4, -0.2) is 22.6 Å². The summed E-state index contributed by atoms with van der Waals surface area (Å²) in [6, 6.07) is 7.27. The van der Waals surface area contributed by atoms with Gasteiger partial charge in [0.2, 0.25) is 11.8 Å². The molecule has 0 fully saturated rings. The number of aromatic nitrogens is 2. The van der Waals surface area contributed by atoms with Crippen molar-refractivity contribution in [3.8, 4) is 0 Å². The molecule has 2 aromatic rings. The van der Waals surface area contributed by atoms with Gasteiger partial charge in [-0.1, -0.05) is 17.3 Å². The van der Waals surface area contributed by atoms with Crippen LogP contribution in [0.3, 0.4) is 0 Å². The largest absolute Gasteiger partial charge is 0.399 e. The van der Waals surface area contributed by atoms with Crippen molar-refractivity contribution in [1.82, 2.24) is 15.5 Å². The Morgan fingerprint density at radius 3 is 2.80 bits per heavy atom. The van der Waals surface area contributed by atoms with Crippen molar-refractivity contribution in [1.29, 1.82) is 0 Å². The summed E-state index contributed by atoms with van der Waals surface area (Å²) >= 11 is 0. The summed E-state index contributed by atoms with van der Waals surface area (Å²) in [6.07, 6.45) is 3.75. The van der Waals surface area contributed by atoms with Crippen molar-refractivity contribution in [2.75, 3.05) is 12.3 Å². The van der Waals surface area contributed by atoms with Crippen molar-refractivity contribution in [2.45, 2.75) is 13.3 Å². The van der Waals surface area contributed by atoms with Gasteiger partial charge >= 0.3 is 0 Å². The molecular weight excluding hydrogens is 256 g/mol. The Bertz CT molecular complexity index is 602. The predicted molar refractivity (Wildman–Crippen MR) is 75.6 cm³/mol. The molecule has 1 aromatic carbocycles. The highest BCUT2D eigenvalue weighted by Gasteiger charge is 2.02. The van der Waals surface area contributed by atoms with E-state index in [1.165, 1.54) is 6.08 Å². The molecule has 2 rings (SSSR count). The van der Waals surface area contributed by atoms with E-state index in [-0.39, 0.29) is 5.91 Å². The number of nitrogens with zero attached hydrogens (tertiary/aromatic N) is 2. The lowest BCUT2D eigenvalue weighted by molar-refractivity contribution is -0.116. The standard InChI is InChI=1S/C14H16N4O2/c1-10-17-13(18-20-10)8-9-16-14(19)7-4-11-2-5-12(15)6-3-11/h2-7H,8-9,15H2,1H3,(H,16,19)/b7-4+. The Balaban J connectivity index is 1.76. The monoisotopic (exact) mass is 272 g/mol. The van der Waals surface area contributed by atoms with Crippen LogP contribution in [0, 0.1) is 6.92 Å². The number of rotatable bonds is 5. The second-order valence-corrected chi connectivity index (χ2v) is 4.27. The average molecular weight is 272 g/mol. The van der Waals surface area contributed by atoms with Crippen LogP contribution in [0.15, 0.2) is 34.9 Å². The molecule has 0 spiro atoms. The number of nitrogens with two attached hydrogens (primary N) is 1. The third-order valence-electron chi connectivity index (χ3n) is 2.58. The first kappa shape index (κ1) is 13.8. The third-order valence-corrected chi connectivity index (χ3v) is 2.58. The number of hydrogen-bond donors (Lipinski definition) is 2. The molecule has 1 amide bonds. The highest BCUT2D eigenvalue weighted by molar-refractivity contribution is 5.91. The zero-order valence-electron chi connectivity index (χ0n) is 11.2. The summed E-state index contributed by atoms with van der Waals surface area (Å²) in [5, 5.41) is 6.50. The van der Waals surface area contributed by atoms with Gasteiger partial charge in [0.1, 0.15) is 0 Å². The molecule has 0 aliphatic rings. The molecule has 20 heavy (non-hydrogen) atoms. The molecule has 0 saturated carbocycles. The Hall–Kier alpha value is -2.63. The first-order valence-electron chi connectivity index (χ1n) is 6.24. The Labute approximate surface area is 116 Å². The number of anilines is 1. The fraction of sp³-hybridized carbons (Fsp3) is 0.214. The van der Waals surface area contributed by atoms with Crippen molar-refractivity contribution >= 4 is 17.7 Å². The first-order valence-corrected chi connectivity index (χ1v) is 6.24. The molecule has 104 valence electrons. The number of carbonyl (C=O) groups is 1. The molecule has 3 N–H and O–H groups in total. The SMILES string of the molecule is Cc1nc(CCNC(=O)/C=C/c2ccc(N)cc2)no1. The zero-order chi connectivity index (χ0) is 14.4. The second-order valence-electron chi connectivity index (χ2n) is 4.27. The number of nitrogen functional groups attached to an aromatic ring is 1. The Kier molecular flexibility index (Phi) is 4.49. The summed E-state index contributed by atoms with van der Waals surface area (Å²) in [7, 11) is 0.